The lowest BCUT2D eigenvalue weighted by atomic mass is 10.5. The molecule has 74 valence electrons. The number of anilines is 1. The zero-order chi connectivity index (χ0) is 9.68. The van der Waals surface area contributed by atoms with Crippen LogP contribution in [0.5, 0.6) is 0 Å². The second-order valence-corrected chi connectivity index (χ2v) is 2.25. The molecule has 1 heterocycles. The molecule has 0 fully saturated rings. The molecule has 0 radical (unpaired) electrons. The summed E-state index contributed by atoms with van der Waals surface area (Å²) in [6.07, 6.45) is -2.16. The molecular weight excluding hydrogens is 184 g/mol. The summed E-state index contributed by atoms with van der Waals surface area (Å²) < 4.78 is 32.5. The van der Waals surface area contributed by atoms with Crippen LogP contribution >= 0.6 is 0 Å². The zero-order valence-electron chi connectivity index (χ0n) is 6.74. The van der Waals surface area contributed by atoms with E-state index in [0.29, 0.717) is 0 Å². The Bertz CT molecular complexity index is 254. The van der Waals surface area contributed by atoms with Crippen LogP contribution in [0.15, 0.2) is 4.42 Å². The molecule has 0 aliphatic heterocycles. The van der Waals surface area contributed by atoms with Gasteiger partial charge in [-0.25, -0.2) is 8.78 Å². The van der Waals surface area contributed by atoms with Crippen LogP contribution in [0.4, 0.5) is 14.8 Å². The molecule has 2 N–H and O–H groups in total. The van der Waals surface area contributed by atoms with Gasteiger partial charge in [-0.1, -0.05) is 5.10 Å². The molecule has 0 unspecified atom stereocenters. The van der Waals surface area contributed by atoms with Gasteiger partial charge in [0.05, 0.1) is 6.61 Å². The second kappa shape index (κ2) is 4.70. The van der Waals surface area contributed by atoms with Gasteiger partial charge in [-0.05, 0) is 0 Å². The van der Waals surface area contributed by atoms with E-state index in [2.05, 4.69) is 14.9 Å². The van der Waals surface area contributed by atoms with Gasteiger partial charge < -0.3 is 14.9 Å². The molecule has 0 atom stereocenters. The van der Waals surface area contributed by atoms with Gasteiger partial charge in [-0.3, -0.25) is 0 Å². The molecule has 0 saturated carbocycles. The Kier molecular flexibility index (Phi) is 3.56. The average molecular weight is 193 g/mol. The first-order valence-electron chi connectivity index (χ1n) is 3.62. The molecule has 1 aromatic heterocycles. The van der Waals surface area contributed by atoms with E-state index in [1.54, 1.807) is 0 Å². The molecule has 0 bridgehead atoms. The van der Waals surface area contributed by atoms with Crippen molar-refractivity contribution in [3.63, 3.8) is 0 Å². The minimum absolute atomic E-state index is 0.0381. The summed E-state index contributed by atoms with van der Waals surface area (Å²) in [5.74, 6) is 0.284. The van der Waals surface area contributed by atoms with E-state index in [1.165, 1.54) is 0 Å². The Morgan fingerprint density at radius 2 is 2.23 bits per heavy atom. The minimum Gasteiger partial charge on any atom is -0.408 e. The highest BCUT2D eigenvalue weighted by Crippen LogP contribution is 2.01. The lowest BCUT2D eigenvalue weighted by Gasteiger charge is -1.99. The van der Waals surface area contributed by atoms with E-state index in [1.807, 2.05) is 0 Å². The van der Waals surface area contributed by atoms with Crippen LogP contribution in [0.2, 0.25) is 0 Å². The predicted molar refractivity (Wildman–Crippen MR) is 39.2 cm³/mol. The average Bonchev–Trinajstić information content (AvgIpc) is 2.45. The quantitative estimate of drug-likeness (QED) is 0.688. The van der Waals surface area contributed by atoms with E-state index >= 15 is 0 Å². The molecular formula is C6H9F2N3O2. The number of hydrogen-bond donors (Lipinski definition) is 1. The number of halogens is 2. The molecule has 5 nitrogen and oxygen atoms in total. The van der Waals surface area contributed by atoms with Gasteiger partial charge in [-0.15, -0.1) is 5.10 Å². The molecule has 1 aromatic rings. The summed E-state index contributed by atoms with van der Waals surface area (Å²) in [6.45, 7) is -0.463. The second-order valence-electron chi connectivity index (χ2n) is 2.25. The number of nitrogen functional groups attached to an aromatic ring is 1. The number of rotatable bonds is 5. The zero-order valence-corrected chi connectivity index (χ0v) is 6.74. The summed E-state index contributed by atoms with van der Waals surface area (Å²) >= 11 is 0. The SMILES string of the molecule is Nc1nnc(CCOCC(F)F)o1. The van der Waals surface area contributed by atoms with Crippen LogP contribution in [0.1, 0.15) is 5.89 Å². The van der Waals surface area contributed by atoms with Crippen LogP contribution in [0.25, 0.3) is 0 Å². The van der Waals surface area contributed by atoms with Gasteiger partial charge in [0, 0.05) is 6.42 Å². The summed E-state index contributed by atoms with van der Waals surface area (Å²) in [6, 6.07) is -0.0381. The standard InChI is InChI=1S/C6H9F2N3O2/c7-4(8)3-12-2-1-5-10-11-6(9)13-5/h4H,1-3H2,(H2,9,11). The molecule has 0 amide bonds. The van der Waals surface area contributed by atoms with E-state index in [9.17, 15) is 8.78 Å². The van der Waals surface area contributed by atoms with Gasteiger partial charge in [0.25, 0.3) is 6.43 Å². The van der Waals surface area contributed by atoms with Gasteiger partial charge in [-0.2, -0.15) is 0 Å². The highest BCUT2D eigenvalue weighted by atomic mass is 19.3. The summed E-state index contributed by atoms with van der Waals surface area (Å²) in [5.41, 5.74) is 5.13. The number of hydrogen-bond acceptors (Lipinski definition) is 5. The fourth-order valence-electron chi connectivity index (χ4n) is 0.700. The maximum Gasteiger partial charge on any atom is 0.312 e. The van der Waals surface area contributed by atoms with Crippen LogP contribution < -0.4 is 5.73 Å². The fraction of sp³-hybridized carbons (Fsp3) is 0.667. The van der Waals surface area contributed by atoms with Crippen LogP contribution in [-0.2, 0) is 11.2 Å². The number of alkyl halides is 2. The summed E-state index contributed by atoms with van der Waals surface area (Å²) in [4.78, 5) is 0. The molecule has 7 heteroatoms. The largest absolute Gasteiger partial charge is 0.408 e. The highest BCUT2D eigenvalue weighted by Gasteiger charge is 2.04. The molecule has 0 aromatic carbocycles. The normalized spacial score (nSPS) is 11.0. The number of ether oxygens (including phenoxy) is 1. The third-order valence-electron chi connectivity index (χ3n) is 1.19. The molecule has 0 aliphatic carbocycles. The van der Waals surface area contributed by atoms with E-state index in [4.69, 9.17) is 10.2 Å². The number of nitrogens with two attached hydrogens (primary N) is 1. The predicted octanol–water partition coefficient (Wildman–Crippen LogP) is 0.476. The third-order valence-corrected chi connectivity index (χ3v) is 1.19. The third kappa shape index (κ3) is 3.79. The van der Waals surface area contributed by atoms with Crippen molar-refractivity contribution >= 4 is 6.01 Å². The van der Waals surface area contributed by atoms with Gasteiger partial charge in [0.1, 0.15) is 6.61 Å². The van der Waals surface area contributed by atoms with Crippen molar-refractivity contribution in [2.24, 2.45) is 0 Å². The Morgan fingerprint density at radius 1 is 1.46 bits per heavy atom. The van der Waals surface area contributed by atoms with Gasteiger partial charge in [0.2, 0.25) is 5.89 Å². The Balaban J connectivity index is 2.13. The molecule has 13 heavy (non-hydrogen) atoms. The molecule has 0 spiro atoms. The van der Waals surface area contributed by atoms with Crippen LogP contribution in [-0.4, -0.2) is 29.8 Å². The van der Waals surface area contributed by atoms with Crippen molar-refractivity contribution in [3.8, 4) is 0 Å². The number of aromatic nitrogens is 2. The van der Waals surface area contributed by atoms with Crippen molar-refractivity contribution in [1.82, 2.24) is 10.2 Å². The fourth-order valence-corrected chi connectivity index (χ4v) is 0.700. The smallest absolute Gasteiger partial charge is 0.312 e. The van der Waals surface area contributed by atoms with Crippen LogP contribution in [0, 0.1) is 0 Å². The Labute approximate surface area is 72.9 Å². The van der Waals surface area contributed by atoms with E-state index in [-0.39, 0.29) is 24.9 Å². The lowest BCUT2D eigenvalue weighted by Crippen LogP contribution is -2.07. The first kappa shape index (κ1) is 9.85. The first-order chi connectivity index (χ1) is 6.18. The molecule has 1 rings (SSSR count). The van der Waals surface area contributed by atoms with E-state index in [0.717, 1.165) is 0 Å². The van der Waals surface area contributed by atoms with Crippen molar-refractivity contribution in [2.45, 2.75) is 12.8 Å². The first-order valence-corrected chi connectivity index (χ1v) is 3.62. The summed E-state index contributed by atoms with van der Waals surface area (Å²) in [7, 11) is 0. The van der Waals surface area contributed by atoms with E-state index < -0.39 is 13.0 Å². The van der Waals surface area contributed by atoms with Gasteiger partial charge in [0.15, 0.2) is 0 Å². The lowest BCUT2D eigenvalue weighted by molar-refractivity contribution is 0.0174. The monoisotopic (exact) mass is 193 g/mol. The Morgan fingerprint density at radius 3 is 2.77 bits per heavy atom. The van der Waals surface area contributed by atoms with Crippen LogP contribution in [0.3, 0.4) is 0 Å². The Hall–Kier alpha value is -1.24. The van der Waals surface area contributed by atoms with Crippen molar-refractivity contribution in [3.05, 3.63) is 5.89 Å². The van der Waals surface area contributed by atoms with Crippen molar-refractivity contribution < 1.29 is 17.9 Å². The maximum atomic E-state index is 11.6. The maximum absolute atomic E-state index is 11.6. The molecule has 0 aliphatic rings. The van der Waals surface area contributed by atoms with Gasteiger partial charge >= 0.3 is 6.01 Å². The van der Waals surface area contributed by atoms with Crippen molar-refractivity contribution in [1.29, 1.82) is 0 Å². The topological polar surface area (TPSA) is 74.2 Å². The minimum atomic E-state index is -2.45. The highest BCUT2D eigenvalue weighted by molar-refractivity contribution is 5.04. The molecule has 0 saturated heterocycles. The van der Waals surface area contributed by atoms with Crippen molar-refractivity contribution in [2.75, 3.05) is 18.9 Å². The number of nitrogens with zero attached hydrogens (tertiary/aromatic N) is 2. The summed E-state index contributed by atoms with van der Waals surface area (Å²) in [5, 5.41) is 6.91.